The van der Waals surface area contributed by atoms with Crippen molar-refractivity contribution < 1.29 is 14.3 Å². The van der Waals surface area contributed by atoms with Gasteiger partial charge in [-0.2, -0.15) is 0 Å². The average Bonchev–Trinajstić information content (AvgIpc) is 3.08. The van der Waals surface area contributed by atoms with Crippen LogP contribution in [0.4, 0.5) is 4.39 Å². The van der Waals surface area contributed by atoms with Gasteiger partial charge < -0.3 is 10.1 Å². The van der Waals surface area contributed by atoms with Crippen molar-refractivity contribution in [1.82, 2.24) is 9.97 Å². The first-order valence-corrected chi connectivity index (χ1v) is 5.95. The molecule has 1 fully saturated rings. The van der Waals surface area contributed by atoms with Crippen LogP contribution in [0, 0.1) is 5.82 Å². The van der Waals surface area contributed by atoms with Gasteiger partial charge in [0, 0.05) is 6.20 Å². The van der Waals surface area contributed by atoms with Gasteiger partial charge in [-0.1, -0.05) is 0 Å². The first-order valence-electron chi connectivity index (χ1n) is 5.57. The van der Waals surface area contributed by atoms with Gasteiger partial charge in [0.2, 0.25) is 5.43 Å². The molecule has 0 saturated heterocycles. The number of aromatic carboxylic acids is 1. The minimum atomic E-state index is -1.37. The highest BCUT2D eigenvalue weighted by Crippen LogP contribution is 2.52. The van der Waals surface area contributed by atoms with Crippen LogP contribution < -0.4 is 5.43 Å². The highest BCUT2D eigenvalue weighted by molar-refractivity contribution is 6.25. The molecule has 0 aliphatic heterocycles. The van der Waals surface area contributed by atoms with Crippen LogP contribution in [0.3, 0.4) is 0 Å². The van der Waals surface area contributed by atoms with Crippen molar-refractivity contribution in [1.29, 1.82) is 0 Å². The molecule has 19 heavy (non-hydrogen) atoms. The zero-order valence-electron chi connectivity index (χ0n) is 9.54. The highest BCUT2D eigenvalue weighted by Gasteiger charge is 2.46. The highest BCUT2D eigenvalue weighted by atomic mass is 35.5. The summed E-state index contributed by atoms with van der Waals surface area (Å²) in [5, 5.41) is 8.74. The van der Waals surface area contributed by atoms with Crippen LogP contribution >= 0.6 is 11.6 Å². The van der Waals surface area contributed by atoms with Crippen molar-refractivity contribution in [2.45, 2.75) is 17.7 Å². The molecule has 0 unspecified atom stereocenters. The number of fused-ring (bicyclic) bond motifs is 1. The lowest BCUT2D eigenvalue weighted by atomic mass is 10.1. The first kappa shape index (κ1) is 12.1. The summed E-state index contributed by atoms with van der Waals surface area (Å²) in [5.74, 6) is -2.06. The van der Waals surface area contributed by atoms with E-state index in [-0.39, 0.29) is 16.7 Å². The smallest absolute Gasteiger partial charge is 0.341 e. The Labute approximate surface area is 111 Å². The van der Waals surface area contributed by atoms with Gasteiger partial charge in [0.1, 0.15) is 17.0 Å². The number of pyridine rings is 2. The summed E-state index contributed by atoms with van der Waals surface area (Å²) >= 11 is 6.11. The van der Waals surface area contributed by atoms with Gasteiger partial charge in [-0.15, -0.1) is 11.6 Å². The van der Waals surface area contributed by atoms with Crippen LogP contribution in [0.15, 0.2) is 17.1 Å². The molecule has 2 heterocycles. The van der Waals surface area contributed by atoms with Crippen molar-refractivity contribution in [3.63, 3.8) is 0 Å². The van der Waals surface area contributed by atoms with E-state index in [4.69, 9.17) is 16.7 Å². The Hall–Kier alpha value is -1.95. The molecular weight excluding hydrogens is 275 g/mol. The first-order chi connectivity index (χ1) is 8.92. The summed E-state index contributed by atoms with van der Waals surface area (Å²) < 4.78 is 13.9. The minimum Gasteiger partial charge on any atom is -0.477 e. The lowest BCUT2D eigenvalue weighted by Crippen LogP contribution is -2.17. The number of nitrogens with zero attached hydrogens (tertiary/aromatic N) is 1. The molecule has 2 aromatic rings. The molecule has 2 N–H and O–H groups in total. The van der Waals surface area contributed by atoms with Gasteiger partial charge in [-0.25, -0.2) is 14.2 Å². The fourth-order valence-electron chi connectivity index (χ4n) is 1.94. The van der Waals surface area contributed by atoms with Crippen molar-refractivity contribution >= 4 is 28.6 Å². The molecule has 1 saturated carbocycles. The number of H-pyrrole nitrogens is 1. The molecule has 2 aromatic heterocycles. The number of carboxylic acid groups (broad SMARTS) is 1. The zero-order valence-corrected chi connectivity index (χ0v) is 10.3. The van der Waals surface area contributed by atoms with Crippen molar-refractivity contribution in [3.8, 4) is 0 Å². The molecule has 0 aromatic carbocycles. The maximum absolute atomic E-state index is 13.9. The van der Waals surface area contributed by atoms with Crippen molar-refractivity contribution in [2.24, 2.45) is 0 Å². The van der Waals surface area contributed by atoms with Gasteiger partial charge in [0.15, 0.2) is 0 Å². The summed E-state index contributed by atoms with van der Waals surface area (Å²) in [4.78, 5) is 28.5. The number of hydrogen-bond acceptors (Lipinski definition) is 3. The number of nitrogens with one attached hydrogen (secondary N) is 1. The van der Waals surface area contributed by atoms with E-state index in [1.54, 1.807) is 0 Å². The number of carboxylic acids is 1. The number of carbonyl (C=O) groups is 1. The Morgan fingerprint density at radius 3 is 2.79 bits per heavy atom. The summed E-state index contributed by atoms with van der Waals surface area (Å²) in [5.41, 5.74) is -0.981. The van der Waals surface area contributed by atoms with E-state index in [9.17, 15) is 14.0 Å². The number of aromatic nitrogens is 2. The van der Waals surface area contributed by atoms with Crippen molar-refractivity contribution in [2.75, 3.05) is 0 Å². The standard InChI is InChI=1S/C12H8ClFN2O3/c13-12(1-2-12)9-7(14)3-5-8(17)6(11(18)19)4-15-10(5)16-9/h3-4H,1-2H2,(H,18,19)(H,15,16,17). The number of alkyl halides is 1. The quantitative estimate of drug-likeness (QED) is 0.825. The molecule has 7 heteroatoms. The van der Waals surface area contributed by atoms with E-state index < -0.39 is 27.7 Å². The van der Waals surface area contributed by atoms with Crippen LogP contribution in [0.5, 0.6) is 0 Å². The predicted octanol–water partition coefficient (Wildman–Crippen LogP) is 1.99. The van der Waals surface area contributed by atoms with Gasteiger partial charge in [0.05, 0.1) is 16.0 Å². The van der Waals surface area contributed by atoms with Crippen LogP contribution in [-0.4, -0.2) is 21.0 Å². The molecule has 0 bridgehead atoms. The molecule has 0 atom stereocenters. The average molecular weight is 283 g/mol. The predicted molar refractivity (Wildman–Crippen MR) is 66.0 cm³/mol. The maximum atomic E-state index is 13.9. The lowest BCUT2D eigenvalue weighted by molar-refractivity contribution is 0.0695. The van der Waals surface area contributed by atoms with E-state index in [1.807, 2.05) is 0 Å². The van der Waals surface area contributed by atoms with Gasteiger partial charge >= 0.3 is 5.97 Å². The summed E-state index contributed by atoms with van der Waals surface area (Å²) in [6.45, 7) is 0. The fraction of sp³-hybridized carbons (Fsp3) is 0.250. The van der Waals surface area contributed by atoms with Crippen LogP contribution in [0.1, 0.15) is 28.9 Å². The molecule has 1 aliphatic carbocycles. The Kier molecular flexibility index (Phi) is 2.40. The second-order valence-corrected chi connectivity index (χ2v) is 5.24. The van der Waals surface area contributed by atoms with Gasteiger partial charge in [0.25, 0.3) is 0 Å². The number of aromatic amines is 1. The number of halogens is 2. The Balaban J connectivity index is 2.30. The molecule has 1 aliphatic rings. The molecular formula is C12H8ClFN2O3. The molecule has 3 rings (SSSR count). The van der Waals surface area contributed by atoms with Gasteiger partial charge in [-0.05, 0) is 18.9 Å². The van der Waals surface area contributed by atoms with E-state index >= 15 is 0 Å². The van der Waals surface area contributed by atoms with Gasteiger partial charge in [-0.3, -0.25) is 4.79 Å². The Morgan fingerprint density at radius 1 is 1.53 bits per heavy atom. The molecule has 0 radical (unpaired) electrons. The Morgan fingerprint density at radius 2 is 2.21 bits per heavy atom. The summed E-state index contributed by atoms with van der Waals surface area (Å²) in [6.07, 6.45) is 2.30. The normalized spacial score (nSPS) is 16.5. The molecule has 98 valence electrons. The lowest BCUT2D eigenvalue weighted by Gasteiger charge is -2.08. The fourth-order valence-corrected chi connectivity index (χ4v) is 2.17. The molecule has 5 nitrogen and oxygen atoms in total. The third-order valence-electron chi connectivity index (χ3n) is 3.16. The summed E-state index contributed by atoms with van der Waals surface area (Å²) in [7, 11) is 0. The van der Waals surface area contributed by atoms with Crippen LogP contribution in [0.25, 0.3) is 11.0 Å². The molecule has 0 spiro atoms. The monoisotopic (exact) mass is 282 g/mol. The van der Waals surface area contributed by atoms with Crippen LogP contribution in [0.2, 0.25) is 0 Å². The number of hydrogen-bond donors (Lipinski definition) is 2. The SMILES string of the molecule is O=C(O)c1c[nH]c2nc(C3(Cl)CC3)c(F)cc2c1=O. The van der Waals surface area contributed by atoms with E-state index in [0.29, 0.717) is 12.8 Å². The van der Waals surface area contributed by atoms with E-state index in [0.717, 1.165) is 12.3 Å². The minimum absolute atomic E-state index is 0.0953. The van der Waals surface area contributed by atoms with Crippen LogP contribution in [-0.2, 0) is 4.87 Å². The number of rotatable bonds is 2. The zero-order chi connectivity index (χ0) is 13.8. The second-order valence-electron chi connectivity index (χ2n) is 4.52. The van der Waals surface area contributed by atoms with E-state index in [1.165, 1.54) is 0 Å². The molecule has 0 amide bonds. The largest absolute Gasteiger partial charge is 0.477 e. The topological polar surface area (TPSA) is 83.0 Å². The summed E-state index contributed by atoms with van der Waals surface area (Å²) in [6, 6.07) is 0.991. The maximum Gasteiger partial charge on any atom is 0.341 e. The third kappa shape index (κ3) is 1.79. The van der Waals surface area contributed by atoms with Crippen molar-refractivity contribution in [3.05, 3.63) is 39.6 Å². The second kappa shape index (κ2) is 3.77. The Bertz CT molecular complexity index is 767. The van der Waals surface area contributed by atoms with E-state index in [2.05, 4.69) is 9.97 Å². The third-order valence-corrected chi connectivity index (χ3v) is 3.72.